The van der Waals surface area contributed by atoms with E-state index in [0.717, 1.165) is 0 Å². The van der Waals surface area contributed by atoms with Gasteiger partial charge in [-0.2, -0.15) is 13.2 Å². The monoisotopic (exact) mass is 409 g/mol. The Hall–Kier alpha value is -2.41. The van der Waals surface area contributed by atoms with E-state index >= 15 is 0 Å². The number of ketones is 1. The highest BCUT2D eigenvalue weighted by molar-refractivity contribution is 6.02. The molecule has 156 valence electrons. The summed E-state index contributed by atoms with van der Waals surface area (Å²) in [6, 6.07) is 5.34. The minimum absolute atomic E-state index is 0.126. The maximum absolute atomic E-state index is 14.0. The Labute approximate surface area is 166 Å². The van der Waals surface area contributed by atoms with E-state index in [1.54, 1.807) is 32.9 Å². The summed E-state index contributed by atoms with van der Waals surface area (Å²) >= 11 is 0. The minimum atomic E-state index is -4.92. The number of benzene rings is 1. The molecule has 3 rings (SSSR count). The Morgan fingerprint density at radius 1 is 1.17 bits per heavy atom. The summed E-state index contributed by atoms with van der Waals surface area (Å²) in [4.78, 5) is 14.8. The number of carbonyl (C=O) groups is 1. The van der Waals surface area contributed by atoms with Gasteiger partial charge in [0.2, 0.25) is 0 Å². The van der Waals surface area contributed by atoms with Crippen LogP contribution in [0.15, 0.2) is 30.3 Å². The van der Waals surface area contributed by atoms with Gasteiger partial charge in [0.05, 0.1) is 0 Å². The van der Waals surface area contributed by atoms with E-state index in [1.165, 1.54) is 24.3 Å². The molecule has 1 aromatic heterocycles. The number of hydrogen-bond acceptors (Lipinski definition) is 2. The fourth-order valence-corrected chi connectivity index (χ4v) is 4.11. The van der Waals surface area contributed by atoms with Crippen LogP contribution >= 0.6 is 0 Å². The molecule has 0 saturated heterocycles. The van der Waals surface area contributed by atoms with Crippen LogP contribution in [0.1, 0.15) is 59.6 Å². The molecule has 0 aliphatic heterocycles. The highest BCUT2D eigenvalue weighted by Gasteiger charge is 2.56. The molecule has 1 aliphatic carbocycles. The van der Waals surface area contributed by atoms with Crippen LogP contribution in [0.2, 0.25) is 0 Å². The highest BCUT2D eigenvalue weighted by atomic mass is 19.4. The Bertz CT molecular complexity index is 972. The summed E-state index contributed by atoms with van der Waals surface area (Å²) in [7, 11) is 0. The molecule has 0 bridgehead atoms. The Morgan fingerprint density at radius 2 is 1.86 bits per heavy atom. The van der Waals surface area contributed by atoms with Gasteiger partial charge in [-0.15, -0.1) is 0 Å². The highest BCUT2D eigenvalue weighted by Crippen LogP contribution is 2.44. The van der Waals surface area contributed by atoms with Gasteiger partial charge in [0, 0.05) is 29.8 Å². The topological polar surface area (TPSA) is 53.1 Å². The summed E-state index contributed by atoms with van der Waals surface area (Å²) in [6.07, 6.45) is -2.84. The average Bonchev–Trinajstić information content (AvgIpc) is 2.99. The molecule has 2 N–H and O–H groups in total. The van der Waals surface area contributed by atoms with E-state index in [2.05, 4.69) is 4.98 Å². The third-order valence-electron chi connectivity index (χ3n) is 5.47. The Balaban J connectivity index is 1.96. The zero-order valence-electron chi connectivity index (χ0n) is 16.5. The van der Waals surface area contributed by atoms with Gasteiger partial charge in [-0.25, -0.2) is 4.39 Å². The predicted molar refractivity (Wildman–Crippen MR) is 102 cm³/mol. The largest absolute Gasteiger partial charge is 0.417 e. The third-order valence-corrected chi connectivity index (χ3v) is 5.47. The van der Waals surface area contributed by atoms with Crippen molar-refractivity contribution >= 4 is 11.9 Å². The van der Waals surface area contributed by atoms with Crippen molar-refractivity contribution in [2.24, 2.45) is 0 Å². The van der Waals surface area contributed by atoms with Crippen molar-refractivity contribution in [3.05, 3.63) is 64.2 Å². The van der Waals surface area contributed by atoms with Crippen molar-refractivity contribution in [3.8, 4) is 0 Å². The number of aliphatic hydroxyl groups is 1. The van der Waals surface area contributed by atoms with Gasteiger partial charge in [0.1, 0.15) is 5.82 Å². The normalized spacial score (nSPS) is 16.6. The van der Waals surface area contributed by atoms with Crippen molar-refractivity contribution in [2.45, 2.75) is 57.2 Å². The molecule has 1 unspecified atom stereocenters. The number of allylic oxidation sites excluding steroid dienone is 1. The summed E-state index contributed by atoms with van der Waals surface area (Å²) in [5.74, 6) is -0.729. The van der Waals surface area contributed by atoms with Crippen LogP contribution in [0, 0.1) is 12.7 Å². The minimum Gasteiger partial charge on any atom is -0.380 e. The van der Waals surface area contributed by atoms with Gasteiger partial charge in [0.25, 0.3) is 0 Å². The molecule has 0 radical (unpaired) electrons. The van der Waals surface area contributed by atoms with Gasteiger partial charge < -0.3 is 10.1 Å². The molecule has 1 aromatic carbocycles. The third kappa shape index (κ3) is 4.15. The Kier molecular flexibility index (Phi) is 5.24. The number of aryl methyl sites for hydroxylation is 1. The quantitative estimate of drug-likeness (QED) is 0.662. The number of aromatic amines is 1. The molecule has 7 heteroatoms. The van der Waals surface area contributed by atoms with Crippen molar-refractivity contribution in [1.82, 2.24) is 4.98 Å². The zero-order valence-corrected chi connectivity index (χ0v) is 16.5. The van der Waals surface area contributed by atoms with Gasteiger partial charge in [-0.05, 0) is 54.2 Å². The van der Waals surface area contributed by atoms with E-state index in [4.69, 9.17) is 0 Å². The number of halogens is 4. The molecule has 1 atom stereocenters. The van der Waals surface area contributed by atoms with Gasteiger partial charge in [-0.1, -0.05) is 26.0 Å². The first-order valence-electron chi connectivity index (χ1n) is 9.30. The second-order valence-corrected chi connectivity index (χ2v) is 8.38. The van der Waals surface area contributed by atoms with E-state index < -0.39 is 35.9 Å². The summed E-state index contributed by atoms with van der Waals surface area (Å²) in [5, 5.41) is 10.7. The lowest BCUT2D eigenvalue weighted by molar-refractivity contribution is -0.266. The number of H-pyrrole nitrogens is 1. The molecular weight excluding hydrogens is 386 g/mol. The number of carbonyl (C=O) groups excluding carboxylic acids is 1. The predicted octanol–water partition coefficient (Wildman–Crippen LogP) is 5.27. The number of alkyl halides is 3. The SMILES string of the molecule is Cc1ccc(F)cc1C(C)(C)CC(O)(Cc1cc2c([nH]1)C=CCC2=O)C(F)(F)F. The number of rotatable bonds is 5. The van der Waals surface area contributed by atoms with Crippen LogP contribution in [-0.4, -0.2) is 27.7 Å². The van der Waals surface area contributed by atoms with E-state index in [1.807, 2.05) is 0 Å². The smallest absolute Gasteiger partial charge is 0.380 e. The summed E-state index contributed by atoms with van der Waals surface area (Å²) in [6.45, 7) is 4.80. The number of fused-ring (bicyclic) bond motifs is 1. The lowest BCUT2D eigenvalue weighted by atomic mass is 9.72. The number of nitrogens with one attached hydrogen (secondary N) is 1. The number of aromatic nitrogens is 1. The first kappa shape index (κ1) is 21.3. The fourth-order valence-electron chi connectivity index (χ4n) is 4.11. The molecule has 3 nitrogen and oxygen atoms in total. The molecule has 1 aliphatic rings. The second-order valence-electron chi connectivity index (χ2n) is 8.38. The lowest BCUT2D eigenvalue weighted by Crippen LogP contribution is -2.51. The summed E-state index contributed by atoms with van der Waals surface area (Å²) in [5.41, 5.74) is -2.26. The molecule has 0 amide bonds. The number of hydrogen-bond donors (Lipinski definition) is 2. The zero-order chi connectivity index (χ0) is 21.6. The van der Waals surface area contributed by atoms with Crippen molar-refractivity contribution in [1.29, 1.82) is 0 Å². The molecule has 0 saturated carbocycles. The first-order valence-corrected chi connectivity index (χ1v) is 9.30. The molecule has 29 heavy (non-hydrogen) atoms. The van der Waals surface area contributed by atoms with Crippen molar-refractivity contribution < 1.29 is 27.5 Å². The second kappa shape index (κ2) is 7.13. The first-order chi connectivity index (χ1) is 13.3. The van der Waals surface area contributed by atoms with Crippen molar-refractivity contribution in [3.63, 3.8) is 0 Å². The molecule has 0 spiro atoms. The molecular formula is C22H23F4NO2. The van der Waals surface area contributed by atoms with Crippen LogP contribution in [0.5, 0.6) is 0 Å². The molecule has 0 fully saturated rings. The fraction of sp³-hybridized carbons (Fsp3) is 0.409. The lowest BCUT2D eigenvalue weighted by Gasteiger charge is -2.38. The van der Waals surface area contributed by atoms with E-state index in [0.29, 0.717) is 22.4 Å². The van der Waals surface area contributed by atoms with E-state index in [-0.39, 0.29) is 17.9 Å². The van der Waals surface area contributed by atoms with Crippen LogP contribution in [0.25, 0.3) is 6.08 Å². The van der Waals surface area contributed by atoms with Crippen LogP contribution < -0.4 is 0 Å². The van der Waals surface area contributed by atoms with Gasteiger partial charge in [-0.3, -0.25) is 4.79 Å². The van der Waals surface area contributed by atoms with E-state index in [9.17, 15) is 27.5 Å². The standard InChI is InChI=1S/C22H23F4NO2/c1-13-7-8-14(23)9-17(13)20(2,3)12-21(29,22(24,25)26)11-15-10-16-18(27-15)5-4-6-19(16)28/h4-5,7-10,27,29H,6,11-12H2,1-3H3. The maximum atomic E-state index is 14.0. The van der Waals surface area contributed by atoms with Gasteiger partial charge in [0.15, 0.2) is 11.4 Å². The molecule has 2 aromatic rings. The summed E-state index contributed by atoms with van der Waals surface area (Å²) < 4.78 is 55.6. The molecule has 1 heterocycles. The van der Waals surface area contributed by atoms with Crippen molar-refractivity contribution in [2.75, 3.05) is 0 Å². The van der Waals surface area contributed by atoms with Crippen LogP contribution in [-0.2, 0) is 11.8 Å². The van der Waals surface area contributed by atoms with Crippen LogP contribution in [0.3, 0.4) is 0 Å². The van der Waals surface area contributed by atoms with Crippen LogP contribution in [0.4, 0.5) is 17.6 Å². The number of Topliss-reactive ketones (excluding diaryl/α,β-unsaturated/α-hetero) is 1. The Morgan fingerprint density at radius 3 is 2.48 bits per heavy atom. The average molecular weight is 409 g/mol. The van der Waals surface area contributed by atoms with Gasteiger partial charge >= 0.3 is 6.18 Å². The maximum Gasteiger partial charge on any atom is 0.417 e.